The molecule has 1 fully saturated rings. The molecular weight excluding hydrogens is 334 g/mol. The lowest BCUT2D eigenvalue weighted by molar-refractivity contribution is 0.0697. The van der Waals surface area contributed by atoms with Gasteiger partial charge in [0.25, 0.3) is 5.91 Å². The zero-order valence-electron chi connectivity index (χ0n) is 14.9. The molecule has 2 aliphatic rings. The second-order valence-corrected chi connectivity index (χ2v) is 8.49. The van der Waals surface area contributed by atoms with Crippen LogP contribution in [-0.4, -0.2) is 44.9 Å². The normalized spacial score (nSPS) is 19.8. The van der Waals surface area contributed by atoms with E-state index in [1.165, 1.54) is 5.56 Å². The highest BCUT2D eigenvalue weighted by atomic mass is 32.2. The minimum atomic E-state index is -1.09. The Bertz CT molecular complexity index is 850. The second kappa shape index (κ2) is 6.57. The SMILES string of the molecule is CC1CCN(C(=O)c2ccc3c(c2)c2c(n3S(C)=O)CCNC2)CC1. The van der Waals surface area contributed by atoms with Crippen molar-refractivity contribution in [1.82, 2.24) is 14.2 Å². The molecule has 25 heavy (non-hydrogen) atoms. The number of hydrogen-bond donors (Lipinski definition) is 1. The van der Waals surface area contributed by atoms with E-state index in [1.54, 1.807) is 6.26 Å². The van der Waals surface area contributed by atoms with E-state index in [2.05, 4.69) is 12.2 Å². The minimum Gasteiger partial charge on any atom is -0.339 e. The maximum Gasteiger partial charge on any atom is 0.253 e. The Morgan fingerprint density at radius 3 is 2.76 bits per heavy atom. The number of hydrogen-bond acceptors (Lipinski definition) is 3. The molecule has 2 aromatic rings. The van der Waals surface area contributed by atoms with Crippen molar-refractivity contribution in [2.24, 2.45) is 5.92 Å². The average Bonchev–Trinajstić information content (AvgIpc) is 2.95. The first-order valence-corrected chi connectivity index (χ1v) is 10.6. The van der Waals surface area contributed by atoms with E-state index in [9.17, 15) is 9.00 Å². The topological polar surface area (TPSA) is 54.3 Å². The van der Waals surface area contributed by atoms with Gasteiger partial charge in [-0.1, -0.05) is 6.92 Å². The molecule has 1 aromatic heterocycles. The fraction of sp³-hybridized carbons (Fsp3) is 0.526. The Kier molecular flexibility index (Phi) is 4.41. The number of nitrogens with zero attached hydrogens (tertiary/aromatic N) is 2. The number of carbonyl (C=O) groups excluding carboxylic acids is 1. The van der Waals surface area contributed by atoms with Crippen molar-refractivity contribution >= 4 is 27.8 Å². The van der Waals surface area contributed by atoms with E-state index in [0.29, 0.717) is 5.92 Å². The summed E-state index contributed by atoms with van der Waals surface area (Å²) >= 11 is 0. The summed E-state index contributed by atoms with van der Waals surface area (Å²) < 4.78 is 14.2. The number of fused-ring (bicyclic) bond motifs is 3. The first-order valence-electron chi connectivity index (χ1n) is 9.06. The number of carbonyl (C=O) groups is 1. The highest BCUT2D eigenvalue weighted by molar-refractivity contribution is 7.82. The van der Waals surface area contributed by atoms with Crippen molar-refractivity contribution in [1.29, 1.82) is 0 Å². The first-order chi connectivity index (χ1) is 12.1. The van der Waals surface area contributed by atoms with Crippen molar-refractivity contribution in [3.63, 3.8) is 0 Å². The lowest BCUT2D eigenvalue weighted by Crippen LogP contribution is -2.37. The monoisotopic (exact) mass is 359 g/mol. The summed E-state index contributed by atoms with van der Waals surface area (Å²) in [6.45, 7) is 5.61. The van der Waals surface area contributed by atoms with E-state index in [1.807, 2.05) is 27.1 Å². The molecule has 0 bridgehead atoms. The van der Waals surface area contributed by atoms with E-state index in [-0.39, 0.29) is 5.91 Å². The van der Waals surface area contributed by atoms with Gasteiger partial charge in [-0.15, -0.1) is 0 Å². The molecule has 1 aromatic carbocycles. The van der Waals surface area contributed by atoms with Gasteiger partial charge in [-0.3, -0.25) is 8.77 Å². The van der Waals surface area contributed by atoms with E-state index < -0.39 is 11.0 Å². The summed E-state index contributed by atoms with van der Waals surface area (Å²) in [5, 5.41) is 4.46. The van der Waals surface area contributed by atoms with Crippen LogP contribution in [0.15, 0.2) is 18.2 Å². The third-order valence-corrected chi connectivity index (χ3v) is 6.48. The number of piperidine rings is 1. The lowest BCUT2D eigenvalue weighted by Gasteiger charge is -2.30. The van der Waals surface area contributed by atoms with Crippen molar-refractivity contribution in [2.45, 2.75) is 32.7 Å². The van der Waals surface area contributed by atoms with E-state index >= 15 is 0 Å². The van der Waals surface area contributed by atoms with Crippen molar-refractivity contribution in [2.75, 3.05) is 25.9 Å². The van der Waals surface area contributed by atoms with Crippen LogP contribution in [-0.2, 0) is 24.0 Å². The van der Waals surface area contributed by atoms with E-state index in [0.717, 1.165) is 67.6 Å². The molecule has 1 N–H and O–H groups in total. The number of amides is 1. The molecule has 4 rings (SSSR count). The summed E-state index contributed by atoms with van der Waals surface area (Å²) in [4.78, 5) is 14.9. The molecule has 3 heterocycles. The average molecular weight is 359 g/mol. The summed E-state index contributed by atoms with van der Waals surface area (Å²) in [7, 11) is -1.09. The smallest absolute Gasteiger partial charge is 0.253 e. The zero-order chi connectivity index (χ0) is 17.6. The molecule has 0 spiro atoms. The molecule has 1 saturated heterocycles. The number of rotatable bonds is 2. The van der Waals surface area contributed by atoms with Gasteiger partial charge in [0.2, 0.25) is 0 Å². The van der Waals surface area contributed by atoms with Crippen LogP contribution in [0.25, 0.3) is 10.9 Å². The van der Waals surface area contributed by atoms with Crippen LogP contribution in [0.3, 0.4) is 0 Å². The number of nitrogens with one attached hydrogen (secondary N) is 1. The van der Waals surface area contributed by atoms with Gasteiger partial charge in [0.05, 0.1) is 5.52 Å². The van der Waals surface area contributed by atoms with Gasteiger partial charge in [-0.2, -0.15) is 0 Å². The fourth-order valence-electron chi connectivity index (χ4n) is 4.07. The second-order valence-electron chi connectivity index (χ2n) is 7.28. The highest BCUT2D eigenvalue weighted by Gasteiger charge is 2.25. The van der Waals surface area contributed by atoms with Crippen LogP contribution in [0.2, 0.25) is 0 Å². The van der Waals surface area contributed by atoms with Gasteiger partial charge in [-0.05, 0) is 42.5 Å². The Morgan fingerprint density at radius 1 is 1.28 bits per heavy atom. The summed E-state index contributed by atoms with van der Waals surface area (Å²) in [6, 6.07) is 5.87. The largest absolute Gasteiger partial charge is 0.339 e. The van der Waals surface area contributed by atoms with Crippen LogP contribution in [0.5, 0.6) is 0 Å². The molecule has 5 nitrogen and oxygen atoms in total. The Hall–Kier alpha value is -1.66. The summed E-state index contributed by atoms with van der Waals surface area (Å²) in [5.41, 5.74) is 4.05. The molecule has 0 aliphatic carbocycles. The molecule has 134 valence electrons. The maximum absolute atomic E-state index is 12.9. The predicted octanol–water partition coefficient (Wildman–Crippen LogP) is 2.30. The van der Waals surface area contributed by atoms with Gasteiger partial charge in [0.1, 0.15) is 11.0 Å². The number of likely N-dealkylation sites (tertiary alicyclic amines) is 1. The van der Waals surface area contributed by atoms with Crippen LogP contribution in [0.1, 0.15) is 41.4 Å². The predicted molar refractivity (Wildman–Crippen MR) is 101 cm³/mol. The van der Waals surface area contributed by atoms with Gasteiger partial charge < -0.3 is 10.2 Å². The third kappa shape index (κ3) is 2.91. The zero-order valence-corrected chi connectivity index (χ0v) is 15.7. The van der Waals surface area contributed by atoms with Gasteiger partial charge in [-0.25, -0.2) is 4.21 Å². The third-order valence-electron chi connectivity index (χ3n) is 5.55. The molecule has 0 radical (unpaired) electrons. The molecule has 6 heteroatoms. The molecule has 1 atom stereocenters. The number of aromatic nitrogens is 1. The molecule has 1 unspecified atom stereocenters. The van der Waals surface area contributed by atoms with Gasteiger partial charge in [0, 0.05) is 55.5 Å². The van der Waals surface area contributed by atoms with Crippen LogP contribution in [0.4, 0.5) is 0 Å². The van der Waals surface area contributed by atoms with Gasteiger partial charge in [0.15, 0.2) is 0 Å². The van der Waals surface area contributed by atoms with Crippen molar-refractivity contribution < 1.29 is 9.00 Å². The van der Waals surface area contributed by atoms with Crippen LogP contribution >= 0.6 is 0 Å². The Labute approximate surface area is 151 Å². The standard InChI is InChI=1S/C19H25N3O2S/c1-13-6-9-21(10-7-13)19(23)14-3-4-17-15(11-14)16-12-20-8-5-18(16)22(17)25(2)24/h3-4,11,13,20H,5-10,12H2,1-2H3. The number of benzene rings is 1. The molecule has 0 saturated carbocycles. The quantitative estimate of drug-likeness (QED) is 0.895. The molecular formula is C19H25N3O2S. The summed E-state index contributed by atoms with van der Waals surface area (Å²) in [5.74, 6) is 0.829. The maximum atomic E-state index is 12.9. The minimum absolute atomic E-state index is 0.122. The highest BCUT2D eigenvalue weighted by Crippen LogP contribution is 2.30. The van der Waals surface area contributed by atoms with Gasteiger partial charge >= 0.3 is 0 Å². The lowest BCUT2D eigenvalue weighted by atomic mass is 9.98. The fourth-order valence-corrected chi connectivity index (χ4v) is 5.02. The first kappa shape index (κ1) is 16.8. The molecule has 2 aliphatic heterocycles. The van der Waals surface area contributed by atoms with Crippen LogP contribution < -0.4 is 5.32 Å². The molecule has 1 amide bonds. The summed E-state index contributed by atoms with van der Waals surface area (Å²) in [6.07, 6.45) is 4.75. The Balaban J connectivity index is 1.75. The van der Waals surface area contributed by atoms with Crippen molar-refractivity contribution in [3.05, 3.63) is 35.0 Å². The Morgan fingerprint density at radius 2 is 2.04 bits per heavy atom. The van der Waals surface area contributed by atoms with Crippen LogP contribution in [0, 0.1) is 5.92 Å². The van der Waals surface area contributed by atoms with E-state index in [4.69, 9.17) is 0 Å². The van der Waals surface area contributed by atoms with Crippen molar-refractivity contribution in [3.8, 4) is 0 Å².